The Morgan fingerprint density at radius 1 is 1.40 bits per heavy atom. The molecular weight excluding hydrogens is 219 g/mol. The Bertz CT molecular complexity index is 356. The number of halogens is 2. The average Bonchev–Trinajstić information content (AvgIpc) is 2.57. The van der Waals surface area contributed by atoms with Crippen LogP contribution < -0.4 is 4.74 Å². The summed E-state index contributed by atoms with van der Waals surface area (Å²) < 4.78 is 18.3. The minimum absolute atomic E-state index is 0.215. The zero-order chi connectivity index (χ0) is 10.8. The predicted octanol–water partition coefficient (Wildman–Crippen LogP) is 2.77. The summed E-state index contributed by atoms with van der Waals surface area (Å²) in [6.45, 7) is 0. The number of aliphatic hydroxyl groups is 1. The lowest BCUT2D eigenvalue weighted by atomic mass is 10.2. The van der Waals surface area contributed by atoms with Gasteiger partial charge in [0, 0.05) is 0 Å². The van der Waals surface area contributed by atoms with Gasteiger partial charge in [0.05, 0.1) is 11.1 Å². The highest BCUT2D eigenvalue weighted by Crippen LogP contribution is 2.30. The van der Waals surface area contributed by atoms with Crippen molar-refractivity contribution in [2.45, 2.75) is 31.5 Å². The van der Waals surface area contributed by atoms with E-state index in [2.05, 4.69) is 0 Å². The van der Waals surface area contributed by atoms with E-state index in [0.717, 1.165) is 19.3 Å². The third-order valence-electron chi connectivity index (χ3n) is 2.59. The fourth-order valence-electron chi connectivity index (χ4n) is 1.78. The van der Waals surface area contributed by atoms with Crippen molar-refractivity contribution in [1.29, 1.82) is 0 Å². The Morgan fingerprint density at radius 3 is 2.80 bits per heavy atom. The van der Waals surface area contributed by atoms with E-state index in [1.54, 1.807) is 0 Å². The van der Waals surface area contributed by atoms with Crippen LogP contribution in [0.25, 0.3) is 0 Å². The lowest BCUT2D eigenvalue weighted by Gasteiger charge is -2.17. The van der Waals surface area contributed by atoms with E-state index in [1.165, 1.54) is 18.2 Å². The highest BCUT2D eigenvalue weighted by atomic mass is 35.5. The van der Waals surface area contributed by atoms with Crippen LogP contribution in [0.2, 0.25) is 5.02 Å². The summed E-state index contributed by atoms with van der Waals surface area (Å²) in [4.78, 5) is 0. The lowest BCUT2D eigenvalue weighted by Crippen LogP contribution is -2.25. The molecule has 0 radical (unpaired) electrons. The summed E-state index contributed by atoms with van der Waals surface area (Å²) in [5.74, 6) is 0.0448. The topological polar surface area (TPSA) is 29.5 Å². The molecule has 1 saturated carbocycles. The molecule has 0 spiro atoms. The summed E-state index contributed by atoms with van der Waals surface area (Å²) in [6.07, 6.45) is 1.86. The second-order valence-electron chi connectivity index (χ2n) is 3.73. The zero-order valence-corrected chi connectivity index (χ0v) is 8.88. The van der Waals surface area contributed by atoms with Gasteiger partial charge >= 0.3 is 0 Å². The Kier molecular flexibility index (Phi) is 3.12. The fraction of sp³-hybridized carbons (Fsp3) is 0.455. The van der Waals surface area contributed by atoms with Crippen molar-refractivity contribution in [2.24, 2.45) is 0 Å². The van der Waals surface area contributed by atoms with Crippen LogP contribution in [-0.4, -0.2) is 17.3 Å². The molecule has 1 aliphatic carbocycles. The second-order valence-corrected chi connectivity index (χ2v) is 4.14. The Balaban J connectivity index is 2.10. The van der Waals surface area contributed by atoms with Crippen molar-refractivity contribution in [3.05, 3.63) is 29.0 Å². The third kappa shape index (κ3) is 2.41. The first kappa shape index (κ1) is 10.7. The van der Waals surface area contributed by atoms with E-state index in [4.69, 9.17) is 16.3 Å². The maximum absolute atomic E-state index is 12.7. The zero-order valence-electron chi connectivity index (χ0n) is 8.12. The first-order valence-corrected chi connectivity index (χ1v) is 5.34. The first-order chi connectivity index (χ1) is 7.16. The molecule has 0 amide bonds. The van der Waals surface area contributed by atoms with Crippen LogP contribution in [0.15, 0.2) is 18.2 Å². The molecular formula is C11H12ClFO2. The molecule has 1 aromatic rings. The molecule has 15 heavy (non-hydrogen) atoms. The highest BCUT2D eigenvalue weighted by molar-refractivity contribution is 6.32. The van der Waals surface area contributed by atoms with E-state index in [0.29, 0.717) is 5.75 Å². The minimum Gasteiger partial charge on any atom is -0.486 e. The van der Waals surface area contributed by atoms with E-state index >= 15 is 0 Å². The number of benzene rings is 1. The van der Waals surface area contributed by atoms with Crippen LogP contribution in [0.5, 0.6) is 5.75 Å². The SMILES string of the molecule is O[C@H]1CCC[C@@H]1Oc1ccc(F)cc1Cl. The number of aliphatic hydroxyl groups excluding tert-OH is 1. The summed E-state index contributed by atoms with van der Waals surface area (Å²) >= 11 is 5.81. The quantitative estimate of drug-likeness (QED) is 0.847. The van der Waals surface area contributed by atoms with Crippen molar-refractivity contribution in [3.8, 4) is 5.75 Å². The summed E-state index contributed by atoms with van der Waals surface area (Å²) in [7, 11) is 0. The van der Waals surface area contributed by atoms with Gasteiger partial charge in [-0.25, -0.2) is 4.39 Å². The molecule has 0 unspecified atom stereocenters. The van der Waals surface area contributed by atoms with Crippen molar-refractivity contribution in [2.75, 3.05) is 0 Å². The van der Waals surface area contributed by atoms with Gasteiger partial charge < -0.3 is 9.84 Å². The van der Waals surface area contributed by atoms with Crippen molar-refractivity contribution in [1.82, 2.24) is 0 Å². The van der Waals surface area contributed by atoms with Crippen LogP contribution in [-0.2, 0) is 0 Å². The Labute approximate surface area is 92.6 Å². The lowest BCUT2D eigenvalue weighted by molar-refractivity contribution is 0.0604. The molecule has 0 saturated heterocycles. The van der Waals surface area contributed by atoms with Crippen LogP contribution in [0.3, 0.4) is 0 Å². The summed E-state index contributed by atoms with van der Waals surface area (Å²) in [6, 6.07) is 3.99. The van der Waals surface area contributed by atoms with Gasteiger partial charge in [-0.1, -0.05) is 11.6 Å². The van der Waals surface area contributed by atoms with Gasteiger partial charge in [-0.2, -0.15) is 0 Å². The molecule has 82 valence electrons. The van der Waals surface area contributed by atoms with E-state index in [-0.39, 0.29) is 16.9 Å². The van der Waals surface area contributed by atoms with Crippen LogP contribution in [0, 0.1) is 5.82 Å². The Morgan fingerprint density at radius 2 is 2.20 bits per heavy atom. The maximum Gasteiger partial charge on any atom is 0.138 e. The van der Waals surface area contributed by atoms with Gasteiger partial charge in [0.2, 0.25) is 0 Å². The largest absolute Gasteiger partial charge is 0.486 e. The number of hydrogen-bond donors (Lipinski definition) is 1. The molecule has 1 aliphatic rings. The standard InChI is InChI=1S/C11H12ClFO2/c12-8-6-7(13)4-5-10(8)15-11-3-1-2-9(11)14/h4-6,9,11,14H,1-3H2/t9-,11-/m0/s1. The smallest absolute Gasteiger partial charge is 0.138 e. The highest BCUT2D eigenvalue weighted by Gasteiger charge is 2.27. The van der Waals surface area contributed by atoms with E-state index < -0.39 is 6.10 Å². The molecule has 0 aromatic heterocycles. The van der Waals surface area contributed by atoms with Gasteiger partial charge in [-0.15, -0.1) is 0 Å². The molecule has 2 atom stereocenters. The molecule has 2 rings (SSSR count). The van der Waals surface area contributed by atoms with Gasteiger partial charge in [-0.3, -0.25) is 0 Å². The summed E-state index contributed by atoms with van der Waals surface area (Å²) in [5, 5.41) is 9.80. The monoisotopic (exact) mass is 230 g/mol. The second kappa shape index (κ2) is 4.37. The van der Waals surface area contributed by atoms with Crippen molar-refractivity contribution < 1.29 is 14.2 Å². The van der Waals surface area contributed by atoms with Gasteiger partial charge in [0.1, 0.15) is 17.7 Å². The molecule has 0 aliphatic heterocycles. The summed E-state index contributed by atoms with van der Waals surface area (Å²) in [5.41, 5.74) is 0. The maximum atomic E-state index is 12.7. The predicted molar refractivity (Wildman–Crippen MR) is 55.7 cm³/mol. The molecule has 2 nitrogen and oxygen atoms in total. The van der Waals surface area contributed by atoms with Crippen molar-refractivity contribution in [3.63, 3.8) is 0 Å². The molecule has 0 heterocycles. The van der Waals surface area contributed by atoms with Crippen LogP contribution in [0.1, 0.15) is 19.3 Å². The van der Waals surface area contributed by atoms with E-state index in [1.807, 2.05) is 0 Å². The average molecular weight is 231 g/mol. The normalized spacial score (nSPS) is 25.5. The van der Waals surface area contributed by atoms with Crippen LogP contribution in [0.4, 0.5) is 4.39 Å². The third-order valence-corrected chi connectivity index (χ3v) is 2.89. The fourth-order valence-corrected chi connectivity index (χ4v) is 1.99. The van der Waals surface area contributed by atoms with Crippen LogP contribution >= 0.6 is 11.6 Å². The number of hydrogen-bond acceptors (Lipinski definition) is 2. The minimum atomic E-state index is -0.439. The molecule has 4 heteroatoms. The first-order valence-electron chi connectivity index (χ1n) is 4.96. The molecule has 1 fully saturated rings. The molecule has 1 aromatic carbocycles. The molecule has 1 N–H and O–H groups in total. The van der Waals surface area contributed by atoms with E-state index in [9.17, 15) is 9.50 Å². The number of ether oxygens (including phenoxy) is 1. The van der Waals surface area contributed by atoms with Gasteiger partial charge in [0.25, 0.3) is 0 Å². The Hall–Kier alpha value is -0.800. The number of rotatable bonds is 2. The van der Waals surface area contributed by atoms with Gasteiger partial charge in [0.15, 0.2) is 0 Å². The molecule has 0 bridgehead atoms. The van der Waals surface area contributed by atoms with Gasteiger partial charge in [-0.05, 0) is 37.5 Å². The van der Waals surface area contributed by atoms with Crippen molar-refractivity contribution >= 4 is 11.6 Å².